The summed E-state index contributed by atoms with van der Waals surface area (Å²) < 4.78 is 120. The predicted octanol–water partition coefficient (Wildman–Crippen LogP) is 13.6. The molecule has 125 heavy (non-hydrogen) atoms. The molecule has 0 spiro atoms. The maximum absolute atomic E-state index is 13.4. The van der Waals surface area contributed by atoms with Crippen LogP contribution in [-0.2, 0) is 57.1 Å². The molecule has 0 radical (unpaired) electrons. The number of aromatic nitrogens is 2. The molecule has 5 saturated heterocycles. The van der Waals surface area contributed by atoms with Crippen molar-refractivity contribution in [2.45, 2.75) is 58.7 Å². The number of H-pyrrole nitrogens is 1. The number of hydrogen-bond acceptors (Lipinski definition) is 23. The number of nitrogens with zero attached hydrogens (tertiary/aromatic N) is 8. The number of para-hydroxylation sites is 1. The van der Waals surface area contributed by atoms with E-state index in [0.717, 1.165) is 210 Å². The van der Waals surface area contributed by atoms with Crippen LogP contribution in [0.15, 0.2) is 276 Å². The van der Waals surface area contributed by atoms with Crippen LogP contribution in [0.2, 0.25) is 15.1 Å². The lowest BCUT2D eigenvalue weighted by atomic mass is 9.99. The fourth-order valence-electron chi connectivity index (χ4n) is 15.9. The third kappa shape index (κ3) is 21.4. The first-order chi connectivity index (χ1) is 60.4. The second kappa shape index (κ2) is 41.3. The van der Waals surface area contributed by atoms with Crippen molar-refractivity contribution in [1.29, 1.82) is 0 Å². The molecule has 656 valence electrons. The van der Waals surface area contributed by atoms with E-state index in [1.807, 2.05) is 65.6 Å². The summed E-state index contributed by atoms with van der Waals surface area (Å²) in [5.74, 6) is 2.38. The quantitative estimate of drug-likeness (QED) is 0.0534. The number of anilines is 6. The minimum absolute atomic E-state index is 0.0904. The molecule has 0 aliphatic carbocycles. The first-order valence-electron chi connectivity index (χ1n) is 41.4. The minimum Gasteiger partial charge on any atom is -0.497 e. The highest BCUT2D eigenvalue weighted by atomic mass is 35.5. The number of carbonyl (C=O) groups is 1. The number of benzene rings is 10. The van der Waals surface area contributed by atoms with Crippen LogP contribution >= 0.6 is 34.8 Å². The lowest BCUT2D eigenvalue weighted by Gasteiger charge is -2.34. The first kappa shape index (κ1) is 90.7. The molecule has 5 fully saturated rings. The van der Waals surface area contributed by atoms with Gasteiger partial charge < -0.3 is 74.8 Å². The number of likely N-dealkylation sites (N-methyl/N-ethyl adjacent to an activating group) is 1. The molecule has 5 N–H and O–H groups in total. The Balaban J connectivity index is 0.000000128. The minimum atomic E-state index is -3.72. The molecule has 8 heterocycles. The summed E-state index contributed by atoms with van der Waals surface area (Å²) in [6, 6.07) is 65.3. The molecular formula is C93H102Cl3N13O12S4. The van der Waals surface area contributed by atoms with Crippen LogP contribution in [0.5, 0.6) is 17.2 Å². The van der Waals surface area contributed by atoms with Crippen molar-refractivity contribution >= 4 is 136 Å². The van der Waals surface area contributed by atoms with Crippen molar-refractivity contribution in [1.82, 2.24) is 36.1 Å². The van der Waals surface area contributed by atoms with Crippen molar-refractivity contribution in [3.05, 3.63) is 263 Å². The number of aromatic amines is 1. The van der Waals surface area contributed by atoms with Gasteiger partial charge in [0.2, 0.25) is 45.3 Å². The van der Waals surface area contributed by atoms with Crippen LogP contribution in [0.1, 0.15) is 17.5 Å². The second-order valence-electron chi connectivity index (χ2n) is 30.6. The molecule has 1 amide bonds. The van der Waals surface area contributed by atoms with Gasteiger partial charge in [0.05, 0.1) is 107 Å². The molecule has 32 heteroatoms. The van der Waals surface area contributed by atoms with Crippen molar-refractivity contribution in [3.8, 4) is 17.2 Å². The highest BCUT2D eigenvalue weighted by molar-refractivity contribution is 7.92. The van der Waals surface area contributed by atoms with Gasteiger partial charge in [0.25, 0.3) is 0 Å². The number of amides is 1. The number of aryl methyl sites for hydroxylation is 1. The molecule has 0 bridgehead atoms. The van der Waals surface area contributed by atoms with Crippen molar-refractivity contribution in [2.24, 2.45) is 0 Å². The van der Waals surface area contributed by atoms with Crippen molar-refractivity contribution in [2.75, 3.05) is 189 Å². The summed E-state index contributed by atoms with van der Waals surface area (Å²) in [6.07, 6.45) is 4.46. The number of pyridine rings is 1. The average Bonchev–Trinajstić information content (AvgIpc) is 1.57. The fourth-order valence-corrected chi connectivity index (χ4v) is 22.1. The van der Waals surface area contributed by atoms with E-state index in [1.165, 1.54) is 12.3 Å². The van der Waals surface area contributed by atoms with Crippen LogP contribution in [0, 0.1) is 0 Å². The van der Waals surface area contributed by atoms with Crippen LogP contribution in [-0.4, -0.2) is 214 Å². The zero-order valence-corrected chi connectivity index (χ0v) is 75.6. The standard InChI is InChI=1S/C22H27N3O3.C21H22N2O3S.C19H19Cl2N3O2S.C16H17ClN2O2S.C15H17N3O2S/c1-27-19-13-16(12-18(14-19)24-10-8-23-9-11-24)15-25-21(26)7-6-17-4-3-5-20(28-2)22(17)25;1-26-20-10-9-17(15-19(20)23-13-11-22-12-14-23)27(24,25)21-8-4-6-16-5-2-3-7-18(16)21;1-23-5-7-24(8-6-23)17-11-14(21)10-16-18(12-22-19(16)17)27(25,26)15-4-2-3-13(20)9-15;17-15-7-6-14(12-16(15)19-10-8-18-9-11-19)22(20,21)13-4-2-1-3-5-13;19-21(20,14-4-2-1-3-5-14)15-7-6-13(12-17-15)18-10-8-16-9-11-18/h3-5,12-14,23H,6-11,15H2,1-2H3;2-10,15,22H,11-14H2,1H3;2-4,9-12,22H,5-8H2,1H3;1-7,12,18H,8-11H2;1-7,12,16H,8-11H2. The van der Waals surface area contributed by atoms with Gasteiger partial charge in [0.15, 0.2) is 5.03 Å². The second-order valence-corrected chi connectivity index (χ2v) is 39.6. The van der Waals surface area contributed by atoms with E-state index < -0.39 is 39.3 Å². The Bertz CT molecular complexity index is 6220. The van der Waals surface area contributed by atoms with E-state index >= 15 is 0 Å². The number of carbonyl (C=O) groups excluding carboxylic acids is 1. The highest BCUT2D eigenvalue weighted by Crippen LogP contribution is 2.42. The summed E-state index contributed by atoms with van der Waals surface area (Å²) in [5, 5.41) is 17.1. The number of halogens is 3. The number of fused-ring (bicyclic) bond motifs is 3. The SMILES string of the molecule is CN1CCN(c2cc(Cl)cc3c(S(=O)(=O)c4cccc(Cl)c4)c[nH]c23)CC1.COc1cc(CN2C(=O)CCc3cccc(OC)c32)cc(N2CCNCC2)c1.COc1ccc(S(=O)(=O)c2cccc3ccccc23)cc1N1CCNCC1.O=S(=O)(c1ccccc1)c1ccc(Cl)c(N2CCNCC2)c1.O=S(=O)(c1ccccc1)c1ccc(N2CCNCC2)cn1. The Morgan fingerprint density at radius 1 is 0.400 bits per heavy atom. The summed E-state index contributed by atoms with van der Waals surface area (Å²) in [5.41, 5.74) is 8.52. The van der Waals surface area contributed by atoms with Gasteiger partial charge >= 0.3 is 0 Å². The maximum atomic E-state index is 13.4. The Hall–Kier alpha value is -10.5. The van der Waals surface area contributed by atoms with E-state index in [-0.39, 0.29) is 35.4 Å². The van der Waals surface area contributed by atoms with E-state index in [2.05, 4.69) is 85.9 Å². The van der Waals surface area contributed by atoms with E-state index in [1.54, 1.807) is 167 Å². The first-order valence-corrected chi connectivity index (χ1v) is 48.5. The Kier molecular flexibility index (Phi) is 30.0. The Labute approximate surface area is 746 Å². The number of hydrogen-bond donors (Lipinski definition) is 5. The largest absolute Gasteiger partial charge is 0.497 e. The normalized spacial score (nSPS) is 15.9. The summed E-state index contributed by atoms with van der Waals surface area (Å²) >= 11 is 18.6. The number of ether oxygens (including phenoxy) is 3. The third-order valence-corrected chi connectivity index (χ3v) is 30.5. The Morgan fingerprint density at radius 3 is 1.56 bits per heavy atom. The van der Waals surface area contributed by atoms with Gasteiger partial charge in [-0.3, -0.25) is 4.79 Å². The summed E-state index contributed by atoms with van der Waals surface area (Å²) in [7, 11) is -7.37. The molecule has 0 unspecified atom stereocenters. The molecular weight excluding hydrogens is 1730 g/mol. The van der Waals surface area contributed by atoms with E-state index in [0.29, 0.717) is 49.0 Å². The van der Waals surface area contributed by atoms with Crippen LogP contribution in [0.3, 0.4) is 0 Å². The van der Waals surface area contributed by atoms with E-state index in [4.69, 9.17) is 49.0 Å². The van der Waals surface area contributed by atoms with Crippen LogP contribution < -0.4 is 64.9 Å². The molecule has 12 aromatic rings. The lowest BCUT2D eigenvalue weighted by Crippen LogP contribution is -2.44. The number of piperazine rings is 5. The summed E-state index contributed by atoms with van der Waals surface area (Å²) in [4.78, 5) is 37.1. The van der Waals surface area contributed by atoms with Gasteiger partial charge in [0.1, 0.15) is 17.2 Å². The summed E-state index contributed by atoms with van der Waals surface area (Å²) in [6.45, 7) is 18.4. The fraction of sp³-hybridized carbons (Fsp3) is 0.290. The Morgan fingerprint density at radius 2 is 0.936 bits per heavy atom. The van der Waals surface area contributed by atoms with Gasteiger partial charge in [-0.05, 0) is 157 Å². The molecule has 0 atom stereocenters. The van der Waals surface area contributed by atoms with Gasteiger partial charge in [-0.1, -0.05) is 126 Å². The predicted molar refractivity (Wildman–Crippen MR) is 498 cm³/mol. The number of methoxy groups -OCH3 is 3. The van der Waals surface area contributed by atoms with Gasteiger partial charge in [0, 0.05) is 176 Å². The van der Waals surface area contributed by atoms with Crippen molar-refractivity contribution in [3.63, 3.8) is 0 Å². The maximum Gasteiger partial charge on any atom is 0.227 e. The zero-order chi connectivity index (χ0) is 87.8. The molecule has 6 aliphatic heterocycles. The molecule has 0 saturated carbocycles. The number of sulfone groups is 4. The molecule has 18 rings (SSSR count). The highest BCUT2D eigenvalue weighted by Gasteiger charge is 2.32. The molecule has 6 aliphatic rings. The monoisotopic (exact) mass is 1830 g/mol. The van der Waals surface area contributed by atoms with Crippen LogP contribution in [0.4, 0.5) is 34.1 Å². The zero-order valence-electron chi connectivity index (χ0n) is 70.0. The van der Waals surface area contributed by atoms with Crippen LogP contribution in [0.25, 0.3) is 21.7 Å². The molecule has 25 nitrogen and oxygen atoms in total. The third-order valence-electron chi connectivity index (χ3n) is 22.7. The molecule has 2 aromatic heterocycles. The van der Waals surface area contributed by atoms with E-state index in [9.17, 15) is 38.5 Å². The van der Waals surface area contributed by atoms with Crippen molar-refractivity contribution < 1.29 is 52.7 Å². The number of rotatable bonds is 18. The van der Waals surface area contributed by atoms with Gasteiger partial charge in [-0.15, -0.1) is 0 Å². The topological polar surface area (TPSA) is 281 Å². The number of nitrogens with one attached hydrogen (secondary N) is 5. The average molecular weight is 1830 g/mol. The van der Waals surface area contributed by atoms with Gasteiger partial charge in [-0.2, -0.15) is 0 Å². The molecule has 10 aromatic carbocycles. The lowest BCUT2D eigenvalue weighted by molar-refractivity contribution is -0.119. The smallest absolute Gasteiger partial charge is 0.227 e. The van der Waals surface area contributed by atoms with Gasteiger partial charge in [-0.25, -0.2) is 38.7 Å².